The van der Waals surface area contributed by atoms with E-state index in [4.69, 9.17) is 0 Å². The van der Waals surface area contributed by atoms with Crippen LogP contribution in [0, 0.1) is 0 Å². The zero-order valence-electron chi connectivity index (χ0n) is 16.5. The molecule has 2 aromatic rings. The van der Waals surface area contributed by atoms with E-state index in [0.29, 0.717) is 25.7 Å². The average molecular weight is 461 g/mol. The van der Waals surface area contributed by atoms with Crippen LogP contribution in [-0.2, 0) is 10.9 Å². The summed E-state index contributed by atoms with van der Waals surface area (Å²) >= 11 is 0. The van der Waals surface area contributed by atoms with E-state index in [2.05, 4.69) is 25.3 Å². The van der Waals surface area contributed by atoms with Crippen molar-refractivity contribution in [1.82, 2.24) is 15.3 Å². The number of carbonyl (C=O) groups excluding carboxylic acids is 1. The maximum absolute atomic E-state index is 13.7. The van der Waals surface area contributed by atoms with Gasteiger partial charge in [0.05, 0.1) is 16.8 Å². The van der Waals surface area contributed by atoms with E-state index in [1.807, 2.05) is 0 Å². The first-order chi connectivity index (χ1) is 14.9. The molecule has 0 aromatic carbocycles. The smallest absolute Gasteiger partial charge is 0.430 e. The third-order valence-corrected chi connectivity index (χ3v) is 5.21. The van der Waals surface area contributed by atoms with Crippen molar-refractivity contribution in [3.05, 3.63) is 35.5 Å². The van der Waals surface area contributed by atoms with Gasteiger partial charge in [0, 0.05) is 37.4 Å². The number of ether oxygens (including phenoxy) is 1. The third kappa shape index (κ3) is 4.16. The van der Waals surface area contributed by atoms with Crippen LogP contribution in [0.3, 0.4) is 0 Å². The number of piperazine rings is 1. The Labute approximate surface area is 177 Å². The molecule has 1 fully saturated rings. The molecule has 0 bridgehead atoms. The molecule has 172 valence electrons. The minimum Gasteiger partial charge on any atom is -0.431 e. The molecule has 32 heavy (non-hydrogen) atoms. The number of hydrogen-bond donors (Lipinski definition) is 2. The Hall–Kier alpha value is -3.09. The molecule has 0 saturated carbocycles. The molecule has 4 rings (SSSR count). The van der Waals surface area contributed by atoms with Crippen molar-refractivity contribution in [3.63, 3.8) is 0 Å². The predicted molar refractivity (Wildman–Crippen MR) is 101 cm³/mol. The number of aromatic nitrogens is 2. The highest BCUT2D eigenvalue weighted by Gasteiger charge is 2.49. The van der Waals surface area contributed by atoms with Crippen molar-refractivity contribution < 1.29 is 35.9 Å². The molecule has 7 nitrogen and oxygen atoms in total. The first-order valence-electron chi connectivity index (χ1n) is 9.55. The Balaban J connectivity index is 1.92. The third-order valence-electron chi connectivity index (χ3n) is 5.21. The van der Waals surface area contributed by atoms with Crippen LogP contribution < -0.4 is 15.5 Å². The summed E-state index contributed by atoms with van der Waals surface area (Å²) in [5.74, 6) is -0.462. The second kappa shape index (κ2) is 7.80. The van der Waals surface area contributed by atoms with E-state index in [9.17, 15) is 31.1 Å². The van der Waals surface area contributed by atoms with Gasteiger partial charge in [-0.2, -0.15) is 26.3 Å². The normalized spacial score (nSPS) is 21.6. The second-order valence-corrected chi connectivity index (χ2v) is 7.42. The second-order valence-electron chi connectivity index (χ2n) is 7.42. The van der Waals surface area contributed by atoms with Gasteiger partial charge < -0.3 is 15.0 Å². The number of pyridine rings is 2. The number of amides is 1. The Morgan fingerprint density at radius 2 is 1.94 bits per heavy atom. The van der Waals surface area contributed by atoms with Crippen molar-refractivity contribution in [2.75, 3.05) is 29.9 Å². The monoisotopic (exact) mass is 461 g/mol. The highest BCUT2D eigenvalue weighted by molar-refractivity contribution is 5.89. The molecule has 2 aliphatic heterocycles. The van der Waals surface area contributed by atoms with E-state index in [-0.39, 0.29) is 23.1 Å². The lowest BCUT2D eigenvalue weighted by molar-refractivity contribution is -0.206. The van der Waals surface area contributed by atoms with Gasteiger partial charge in [-0.25, -0.2) is 14.8 Å². The van der Waals surface area contributed by atoms with E-state index >= 15 is 0 Å². The molecule has 2 N–H and O–H groups in total. The minimum atomic E-state index is -5.01. The number of halogens is 6. The first-order valence-corrected chi connectivity index (χ1v) is 9.55. The maximum atomic E-state index is 13.7. The molecule has 4 heterocycles. The lowest BCUT2D eigenvalue weighted by Crippen LogP contribution is -2.50. The Morgan fingerprint density at radius 3 is 2.59 bits per heavy atom. The average Bonchev–Trinajstić information content (AvgIpc) is 2.71. The predicted octanol–water partition coefficient (Wildman–Crippen LogP) is 4.13. The van der Waals surface area contributed by atoms with E-state index in [1.54, 1.807) is 11.8 Å². The molecule has 0 radical (unpaired) electrons. The van der Waals surface area contributed by atoms with Crippen molar-refractivity contribution in [2.45, 2.75) is 31.4 Å². The lowest BCUT2D eigenvalue weighted by Gasteiger charge is -2.35. The van der Waals surface area contributed by atoms with Crippen molar-refractivity contribution >= 4 is 17.7 Å². The van der Waals surface area contributed by atoms with Crippen LogP contribution in [0.1, 0.15) is 24.2 Å². The molecular weight excluding hydrogens is 444 g/mol. The number of hydrogen-bond acceptors (Lipinski definition) is 6. The van der Waals surface area contributed by atoms with Gasteiger partial charge in [0.1, 0.15) is 11.6 Å². The zero-order chi connectivity index (χ0) is 23.3. The minimum absolute atomic E-state index is 0.0151. The molecule has 0 aliphatic carbocycles. The number of cyclic esters (lactones) is 1. The molecular formula is C19H17F6N5O2. The van der Waals surface area contributed by atoms with Crippen LogP contribution in [0.25, 0.3) is 11.3 Å². The Kier molecular flexibility index (Phi) is 5.39. The summed E-state index contributed by atoms with van der Waals surface area (Å²) in [5, 5.41) is 5.17. The van der Waals surface area contributed by atoms with Gasteiger partial charge in [-0.15, -0.1) is 0 Å². The summed E-state index contributed by atoms with van der Waals surface area (Å²) in [6.07, 6.45) is -12.8. The maximum Gasteiger partial charge on any atom is 0.430 e. The lowest BCUT2D eigenvalue weighted by atomic mass is 9.98. The molecule has 0 spiro atoms. The van der Waals surface area contributed by atoms with Crippen LogP contribution in [0.15, 0.2) is 24.4 Å². The van der Waals surface area contributed by atoms with Crippen molar-refractivity contribution in [1.29, 1.82) is 0 Å². The number of carbonyl (C=O) groups is 1. The largest absolute Gasteiger partial charge is 0.431 e. The topological polar surface area (TPSA) is 79.4 Å². The highest BCUT2D eigenvalue weighted by atomic mass is 19.4. The zero-order valence-corrected chi connectivity index (χ0v) is 16.5. The van der Waals surface area contributed by atoms with Crippen LogP contribution in [0.5, 0.6) is 0 Å². The summed E-state index contributed by atoms with van der Waals surface area (Å²) in [5.41, 5.74) is -2.27. The fourth-order valence-electron chi connectivity index (χ4n) is 3.73. The summed E-state index contributed by atoms with van der Waals surface area (Å²) in [6, 6.07) is 2.48. The molecule has 2 aromatic heterocycles. The van der Waals surface area contributed by atoms with Crippen molar-refractivity contribution in [3.8, 4) is 11.3 Å². The molecule has 2 atom stereocenters. The standard InChI is InChI=1S/C19H17F6N5O2/c1-9-8-26-4-5-30(9)13-7-10(18(20,21)22)6-12(28-13)11-2-3-27-16-14(11)15(19(23,24)25)32-17(31)29-16/h2-3,6-7,9,15,26H,4-5,8H2,1H3,(H,27,29,31)/t9-,15+/m0/s1. The van der Waals surface area contributed by atoms with Gasteiger partial charge in [0.2, 0.25) is 6.10 Å². The Morgan fingerprint density at radius 1 is 1.19 bits per heavy atom. The van der Waals surface area contributed by atoms with Crippen molar-refractivity contribution in [2.24, 2.45) is 0 Å². The first kappa shape index (κ1) is 22.1. The molecule has 13 heteroatoms. The van der Waals surface area contributed by atoms with Crippen LogP contribution in [0.4, 0.5) is 42.8 Å². The van der Waals surface area contributed by atoms with E-state index in [0.717, 1.165) is 18.3 Å². The van der Waals surface area contributed by atoms with Gasteiger partial charge in [-0.1, -0.05) is 0 Å². The fourth-order valence-corrected chi connectivity index (χ4v) is 3.73. The number of nitrogens with one attached hydrogen (secondary N) is 2. The fraction of sp³-hybridized carbons (Fsp3) is 0.421. The summed E-state index contributed by atoms with van der Waals surface area (Å²) in [6.45, 7) is 3.19. The highest BCUT2D eigenvalue weighted by Crippen LogP contribution is 2.46. The summed E-state index contributed by atoms with van der Waals surface area (Å²) in [7, 11) is 0. The van der Waals surface area contributed by atoms with Crippen LogP contribution >= 0.6 is 0 Å². The number of rotatable bonds is 2. The SMILES string of the molecule is C[C@H]1CNCCN1c1cc(C(F)(F)F)cc(-c2ccnc3c2[C@H](C(F)(F)F)OC(=O)N3)n1. The number of nitrogens with zero attached hydrogens (tertiary/aromatic N) is 3. The number of fused-ring (bicyclic) bond motifs is 1. The van der Waals surface area contributed by atoms with Crippen LogP contribution in [-0.4, -0.2) is 47.9 Å². The molecule has 0 unspecified atom stereocenters. The van der Waals surface area contributed by atoms with E-state index in [1.165, 1.54) is 0 Å². The van der Waals surface area contributed by atoms with Crippen LogP contribution in [0.2, 0.25) is 0 Å². The number of alkyl halides is 6. The molecule has 2 aliphatic rings. The summed E-state index contributed by atoms with van der Waals surface area (Å²) < 4.78 is 86.3. The quantitative estimate of drug-likeness (QED) is 0.655. The number of anilines is 2. The molecule has 1 amide bonds. The van der Waals surface area contributed by atoms with Gasteiger partial charge in [0.15, 0.2) is 0 Å². The van der Waals surface area contributed by atoms with Gasteiger partial charge >= 0.3 is 18.4 Å². The van der Waals surface area contributed by atoms with Gasteiger partial charge in [-0.05, 0) is 25.1 Å². The molecule has 1 saturated heterocycles. The summed E-state index contributed by atoms with van der Waals surface area (Å²) in [4.78, 5) is 21.2. The van der Waals surface area contributed by atoms with E-state index < -0.39 is 41.5 Å². The Bertz CT molecular complexity index is 1040. The van der Waals surface area contributed by atoms with Gasteiger partial charge in [-0.3, -0.25) is 5.32 Å². The van der Waals surface area contributed by atoms with Gasteiger partial charge in [0.25, 0.3) is 0 Å².